The molecule has 0 radical (unpaired) electrons. The molecule has 1 aliphatic rings. The first-order valence-corrected chi connectivity index (χ1v) is 6.62. The number of ether oxygens (including phenoxy) is 1. The second kappa shape index (κ2) is 6.01. The molecule has 18 heavy (non-hydrogen) atoms. The Bertz CT molecular complexity index is 383. The summed E-state index contributed by atoms with van der Waals surface area (Å²) in [7, 11) is 1.62. The van der Waals surface area contributed by atoms with Crippen LogP contribution < -0.4 is 5.32 Å². The van der Waals surface area contributed by atoms with Gasteiger partial charge in [0.25, 0.3) is 0 Å². The molecule has 3 heteroatoms. The predicted octanol–water partition coefficient (Wildman–Crippen LogP) is 2.61. The Kier molecular flexibility index (Phi) is 4.37. The van der Waals surface area contributed by atoms with E-state index in [4.69, 9.17) is 4.74 Å². The van der Waals surface area contributed by atoms with Gasteiger partial charge in [-0.05, 0) is 18.4 Å². The zero-order chi connectivity index (χ0) is 12.8. The number of benzene rings is 1. The highest BCUT2D eigenvalue weighted by Crippen LogP contribution is 2.38. The van der Waals surface area contributed by atoms with Gasteiger partial charge >= 0.3 is 0 Å². The molecule has 0 aliphatic heterocycles. The van der Waals surface area contributed by atoms with E-state index in [0.717, 1.165) is 12.8 Å². The van der Waals surface area contributed by atoms with Gasteiger partial charge in [0, 0.05) is 13.5 Å². The lowest BCUT2D eigenvalue weighted by Crippen LogP contribution is -2.44. The van der Waals surface area contributed by atoms with Crippen molar-refractivity contribution >= 4 is 5.91 Å². The van der Waals surface area contributed by atoms with Gasteiger partial charge < -0.3 is 10.1 Å². The zero-order valence-electron chi connectivity index (χ0n) is 10.9. The Labute approximate surface area is 109 Å². The fourth-order valence-electron chi connectivity index (χ4n) is 2.75. The van der Waals surface area contributed by atoms with Crippen LogP contribution in [0.2, 0.25) is 0 Å². The molecule has 1 fully saturated rings. The van der Waals surface area contributed by atoms with Crippen molar-refractivity contribution in [3.63, 3.8) is 0 Å². The van der Waals surface area contributed by atoms with Gasteiger partial charge in [0.15, 0.2) is 0 Å². The van der Waals surface area contributed by atoms with Crippen molar-refractivity contribution in [1.82, 2.24) is 5.32 Å². The van der Waals surface area contributed by atoms with E-state index in [0.29, 0.717) is 13.0 Å². The van der Waals surface area contributed by atoms with Crippen molar-refractivity contribution in [2.24, 2.45) is 0 Å². The van der Waals surface area contributed by atoms with Crippen molar-refractivity contribution in [1.29, 1.82) is 0 Å². The van der Waals surface area contributed by atoms with E-state index in [1.165, 1.54) is 18.4 Å². The van der Waals surface area contributed by atoms with Gasteiger partial charge in [-0.1, -0.05) is 43.2 Å². The highest BCUT2D eigenvalue weighted by molar-refractivity contribution is 5.77. The summed E-state index contributed by atoms with van der Waals surface area (Å²) < 4.78 is 4.95. The summed E-state index contributed by atoms with van der Waals surface area (Å²) in [6, 6.07) is 10.3. The van der Waals surface area contributed by atoms with Crippen LogP contribution in [0.5, 0.6) is 0 Å². The zero-order valence-corrected chi connectivity index (χ0v) is 10.9. The minimum atomic E-state index is -0.147. The highest BCUT2D eigenvalue weighted by atomic mass is 16.5. The SMILES string of the molecule is COCCC(=O)NC1(c2ccccc2)CCCC1. The Balaban J connectivity index is 2.10. The Hall–Kier alpha value is -1.35. The summed E-state index contributed by atoms with van der Waals surface area (Å²) in [5, 5.41) is 3.22. The van der Waals surface area contributed by atoms with Gasteiger partial charge in [-0.15, -0.1) is 0 Å². The van der Waals surface area contributed by atoms with E-state index in [2.05, 4.69) is 17.4 Å². The molecule has 0 aromatic heterocycles. The van der Waals surface area contributed by atoms with E-state index >= 15 is 0 Å². The van der Waals surface area contributed by atoms with Crippen LogP contribution in [0.25, 0.3) is 0 Å². The largest absolute Gasteiger partial charge is 0.384 e. The number of hydrogen-bond donors (Lipinski definition) is 1. The van der Waals surface area contributed by atoms with Gasteiger partial charge in [0.05, 0.1) is 12.1 Å². The van der Waals surface area contributed by atoms with Gasteiger partial charge in [-0.2, -0.15) is 0 Å². The molecule has 0 saturated heterocycles. The molecular weight excluding hydrogens is 226 g/mol. The first-order chi connectivity index (χ1) is 8.77. The molecule has 1 saturated carbocycles. The van der Waals surface area contributed by atoms with Crippen LogP contribution in [0, 0.1) is 0 Å². The number of hydrogen-bond acceptors (Lipinski definition) is 2. The first-order valence-electron chi connectivity index (χ1n) is 6.62. The lowest BCUT2D eigenvalue weighted by molar-refractivity contribution is -0.124. The smallest absolute Gasteiger partial charge is 0.223 e. The van der Waals surface area contributed by atoms with Gasteiger partial charge in [0.1, 0.15) is 0 Å². The van der Waals surface area contributed by atoms with E-state index in [1.807, 2.05) is 18.2 Å². The maximum absolute atomic E-state index is 11.9. The van der Waals surface area contributed by atoms with Crippen LogP contribution in [0.4, 0.5) is 0 Å². The number of carbonyl (C=O) groups excluding carboxylic acids is 1. The Morgan fingerprint density at radius 2 is 1.94 bits per heavy atom. The van der Waals surface area contributed by atoms with Crippen molar-refractivity contribution in [3.05, 3.63) is 35.9 Å². The second-order valence-electron chi connectivity index (χ2n) is 4.95. The maximum atomic E-state index is 11.9. The average molecular weight is 247 g/mol. The summed E-state index contributed by atoms with van der Waals surface area (Å²) >= 11 is 0. The molecule has 1 N–H and O–H groups in total. The highest BCUT2D eigenvalue weighted by Gasteiger charge is 2.36. The molecule has 3 nitrogen and oxygen atoms in total. The molecular formula is C15H21NO2. The molecule has 2 rings (SSSR count). The van der Waals surface area contributed by atoms with Crippen LogP contribution in [0.3, 0.4) is 0 Å². The van der Waals surface area contributed by atoms with E-state index in [9.17, 15) is 4.79 Å². The minimum absolute atomic E-state index is 0.0857. The van der Waals surface area contributed by atoms with Crippen LogP contribution >= 0.6 is 0 Å². The molecule has 0 bridgehead atoms. The molecule has 0 unspecified atom stereocenters. The summed E-state index contributed by atoms with van der Waals surface area (Å²) in [4.78, 5) is 11.9. The number of methoxy groups -OCH3 is 1. The van der Waals surface area contributed by atoms with Crippen molar-refractivity contribution in [2.75, 3.05) is 13.7 Å². The van der Waals surface area contributed by atoms with Gasteiger partial charge in [-0.3, -0.25) is 4.79 Å². The summed E-state index contributed by atoms with van der Waals surface area (Å²) in [6.45, 7) is 0.483. The third kappa shape index (κ3) is 2.91. The van der Waals surface area contributed by atoms with Gasteiger partial charge in [-0.25, -0.2) is 0 Å². The fraction of sp³-hybridized carbons (Fsp3) is 0.533. The number of amides is 1. The second-order valence-corrected chi connectivity index (χ2v) is 4.95. The quantitative estimate of drug-likeness (QED) is 0.868. The van der Waals surface area contributed by atoms with E-state index in [-0.39, 0.29) is 11.4 Å². The van der Waals surface area contributed by atoms with Crippen LogP contribution in [-0.4, -0.2) is 19.6 Å². The monoisotopic (exact) mass is 247 g/mol. The Morgan fingerprint density at radius 3 is 2.56 bits per heavy atom. The molecule has 0 spiro atoms. The Morgan fingerprint density at radius 1 is 1.28 bits per heavy atom. The summed E-state index contributed by atoms with van der Waals surface area (Å²) in [6.07, 6.45) is 4.87. The lowest BCUT2D eigenvalue weighted by atomic mass is 9.88. The number of rotatable bonds is 5. The normalized spacial score (nSPS) is 17.6. The van der Waals surface area contributed by atoms with Gasteiger partial charge in [0.2, 0.25) is 5.91 Å². The number of carbonyl (C=O) groups is 1. The summed E-state index contributed by atoms with van der Waals surface area (Å²) in [5.41, 5.74) is 1.08. The summed E-state index contributed by atoms with van der Waals surface area (Å²) in [5.74, 6) is 0.0857. The fourth-order valence-corrected chi connectivity index (χ4v) is 2.75. The van der Waals surface area contributed by atoms with Crippen LogP contribution in [-0.2, 0) is 15.1 Å². The molecule has 1 aromatic rings. The third-order valence-electron chi connectivity index (χ3n) is 3.70. The standard InChI is InChI=1S/C15H21NO2/c1-18-12-9-14(17)16-15(10-5-6-11-15)13-7-3-2-4-8-13/h2-4,7-8H,5-6,9-12H2,1H3,(H,16,17). The molecule has 1 aromatic carbocycles. The van der Waals surface area contributed by atoms with E-state index < -0.39 is 0 Å². The lowest BCUT2D eigenvalue weighted by Gasteiger charge is -2.31. The molecule has 0 atom stereocenters. The molecule has 0 heterocycles. The van der Waals surface area contributed by atoms with Crippen LogP contribution in [0.15, 0.2) is 30.3 Å². The predicted molar refractivity (Wildman–Crippen MR) is 71.2 cm³/mol. The first kappa shape index (κ1) is 13.1. The molecule has 98 valence electrons. The van der Waals surface area contributed by atoms with Crippen molar-refractivity contribution < 1.29 is 9.53 Å². The molecule has 1 amide bonds. The number of nitrogens with one attached hydrogen (secondary N) is 1. The topological polar surface area (TPSA) is 38.3 Å². The third-order valence-corrected chi connectivity index (χ3v) is 3.70. The maximum Gasteiger partial charge on any atom is 0.223 e. The molecule has 1 aliphatic carbocycles. The van der Waals surface area contributed by atoms with Crippen molar-refractivity contribution in [3.8, 4) is 0 Å². The average Bonchev–Trinajstić information content (AvgIpc) is 2.87. The van der Waals surface area contributed by atoms with E-state index in [1.54, 1.807) is 7.11 Å². The van der Waals surface area contributed by atoms with Crippen LogP contribution in [0.1, 0.15) is 37.7 Å². The van der Waals surface area contributed by atoms with Crippen molar-refractivity contribution in [2.45, 2.75) is 37.6 Å². The minimum Gasteiger partial charge on any atom is -0.384 e.